The Balaban J connectivity index is 2.05. The van der Waals surface area contributed by atoms with Gasteiger partial charge in [0.15, 0.2) is 0 Å². The maximum Gasteiger partial charge on any atom is 0.0587 e. The van der Waals surface area contributed by atoms with E-state index >= 15 is 0 Å². The summed E-state index contributed by atoms with van der Waals surface area (Å²) >= 11 is 0. The summed E-state index contributed by atoms with van der Waals surface area (Å²) in [6.45, 7) is 7.07. The lowest BCUT2D eigenvalue weighted by Gasteiger charge is -2.18. The van der Waals surface area contributed by atoms with E-state index in [0.717, 1.165) is 19.7 Å². The molecule has 0 bridgehead atoms. The fraction of sp³-hybridized carbons (Fsp3) is 0.800. The molecule has 0 aromatic carbocycles. The van der Waals surface area contributed by atoms with Gasteiger partial charge in [0.05, 0.1) is 18.8 Å². The van der Waals surface area contributed by atoms with Gasteiger partial charge in [-0.1, -0.05) is 26.7 Å². The van der Waals surface area contributed by atoms with Crippen molar-refractivity contribution in [3.8, 4) is 0 Å². The molecule has 0 spiro atoms. The highest BCUT2D eigenvalue weighted by Crippen LogP contribution is 2.33. The van der Waals surface area contributed by atoms with Crippen LogP contribution in [0.4, 0.5) is 0 Å². The Morgan fingerprint density at radius 3 is 2.79 bits per heavy atom. The number of methoxy groups -OCH3 is 1. The topological polar surface area (TPSA) is 39.1 Å². The molecule has 0 radical (unpaired) electrons. The Labute approximate surface area is 116 Å². The highest BCUT2D eigenvalue weighted by Gasteiger charge is 2.23. The van der Waals surface area contributed by atoms with Crippen molar-refractivity contribution < 1.29 is 4.74 Å². The van der Waals surface area contributed by atoms with Crippen molar-refractivity contribution in [2.75, 3.05) is 20.3 Å². The lowest BCUT2D eigenvalue weighted by Crippen LogP contribution is -2.20. The van der Waals surface area contributed by atoms with Gasteiger partial charge in [0.1, 0.15) is 0 Å². The molecular weight excluding hydrogens is 238 g/mol. The zero-order valence-corrected chi connectivity index (χ0v) is 12.5. The minimum Gasteiger partial charge on any atom is -0.383 e. The van der Waals surface area contributed by atoms with Crippen LogP contribution in [0.15, 0.2) is 6.20 Å². The van der Waals surface area contributed by atoms with Crippen molar-refractivity contribution in [3.05, 3.63) is 17.5 Å². The average molecular weight is 265 g/mol. The van der Waals surface area contributed by atoms with Gasteiger partial charge in [-0.05, 0) is 18.8 Å². The number of rotatable bonds is 7. The van der Waals surface area contributed by atoms with Crippen molar-refractivity contribution >= 4 is 0 Å². The minimum absolute atomic E-state index is 0.530. The van der Waals surface area contributed by atoms with Crippen LogP contribution in [0, 0.1) is 0 Å². The van der Waals surface area contributed by atoms with Crippen LogP contribution in [0.25, 0.3) is 0 Å². The molecule has 1 heterocycles. The third-order valence-corrected chi connectivity index (χ3v) is 3.93. The zero-order valence-electron chi connectivity index (χ0n) is 12.5. The first-order valence-electron chi connectivity index (χ1n) is 7.50. The SMILES string of the molecule is COCCNCc1cnn(C2CCCC2)c1C(C)C. The fourth-order valence-corrected chi connectivity index (χ4v) is 3.02. The summed E-state index contributed by atoms with van der Waals surface area (Å²) in [6.07, 6.45) is 7.33. The van der Waals surface area contributed by atoms with E-state index < -0.39 is 0 Å². The summed E-state index contributed by atoms with van der Waals surface area (Å²) in [5.41, 5.74) is 2.76. The predicted molar refractivity (Wildman–Crippen MR) is 77.4 cm³/mol. The summed E-state index contributed by atoms with van der Waals surface area (Å²) in [5.74, 6) is 0.530. The van der Waals surface area contributed by atoms with Crippen molar-refractivity contribution in [2.45, 2.75) is 58.0 Å². The molecule has 108 valence electrons. The van der Waals surface area contributed by atoms with Crippen molar-refractivity contribution in [1.29, 1.82) is 0 Å². The second-order valence-corrected chi connectivity index (χ2v) is 5.76. The molecule has 1 aliphatic rings. The maximum atomic E-state index is 5.06. The Morgan fingerprint density at radius 1 is 1.42 bits per heavy atom. The minimum atomic E-state index is 0.530. The molecule has 4 heteroatoms. The van der Waals surface area contributed by atoms with E-state index in [1.807, 2.05) is 6.20 Å². The molecule has 19 heavy (non-hydrogen) atoms. The van der Waals surface area contributed by atoms with Crippen LogP contribution in [0.3, 0.4) is 0 Å². The normalized spacial score (nSPS) is 16.6. The maximum absolute atomic E-state index is 5.06. The molecule has 0 unspecified atom stereocenters. The van der Waals surface area contributed by atoms with Gasteiger partial charge in [-0.15, -0.1) is 0 Å². The molecule has 0 amide bonds. The molecule has 1 N–H and O–H groups in total. The Kier molecular flexibility index (Phi) is 5.40. The molecule has 0 atom stereocenters. The van der Waals surface area contributed by atoms with Crippen LogP contribution < -0.4 is 5.32 Å². The van der Waals surface area contributed by atoms with E-state index in [1.165, 1.54) is 36.9 Å². The Hall–Kier alpha value is -0.870. The van der Waals surface area contributed by atoms with E-state index in [0.29, 0.717) is 12.0 Å². The van der Waals surface area contributed by atoms with Gasteiger partial charge in [-0.25, -0.2) is 0 Å². The van der Waals surface area contributed by atoms with E-state index in [9.17, 15) is 0 Å². The molecule has 1 aromatic heterocycles. The monoisotopic (exact) mass is 265 g/mol. The molecule has 1 fully saturated rings. The number of nitrogens with one attached hydrogen (secondary N) is 1. The molecule has 0 aliphatic heterocycles. The van der Waals surface area contributed by atoms with Crippen LogP contribution in [-0.2, 0) is 11.3 Å². The Morgan fingerprint density at radius 2 is 2.16 bits per heavy atom. The van der Waals surface area contributed by atoms with Crippen LogP contribution in [-0.4, -0.2) is 30.0 Å². The second kappa shape index (κ2) is 7.06. The van der Waals surface area contributed by atoms with E-state index in [2.05, 4.69) is 28.9 Å². The number of ether oxygens (including phenoxy) is 1. The molecular formula is C15H27N3O. The molecule has 0 saturated heterocycles. The highest BCUT2D eigenvalue weighted by molar-refractivity contribution is 5.21. The summed E-state index contributed by atoms with van der Waals surface area (Å²) in [4.78, 5) is 0. The van der Waals surface area contributed by atoms with Crippen LogP contribution >= 0.6 is 0 Å². The van der Waals surface area contributed by atoms with E-state index in [1.54, 1.807) is 7.11 Å². The van der Waals surface area contributed by atoms with Gasteiger partial charge in [0, 0.05) is 31.5 Å². The third-order valence-electron chi connectivity index (χ3n) is 3.93. The van der Waals surface area contributed by atoms with E-state index in [-0.39, 0.29) is 0 Å². The first kappa shape index (κ1) is 14.5. The lowest BCUT2D eigenvalue weighted by molar-refractivity contribution is 0.199. The third kappa shape index (κ3) is 3.57. The first-order valence-corrected chi connectivity index (χ1v) is 7.50. The summed E-state index contributed by atoms with van der Waals surface area (Å²) in [6, 6.07) is 0.630. The number of hydrogen-bond acceptors (Lipinski definition) is 3. The van der Waals surface area contributed by atoms with Gasteiger partial charge >= 0.3 is 0 Å². The van der Waals surface area contributed by atoms with Crippen molar-refractivity contribution in [3.63, 3.8) is 0 Å². The zero-order chi connectivity index (χ0) is 13.7. The van der Waals surface area contributed by atoms with Gasteiger partial charge in [0.2, 0.25) is 0 Å². The Bertz CT molecular complexity index is 381. The lowest BCUT2D eigenvalue weighted by atomic mass is 10.0. The second-order valence-electron chi connectivity index (χ2n) is 5.76. The molecule has 2 rings (SSSR count). The number of hydrogen-bond donors (Lipinski definition) is 1. The average Bonchev–Trinajstić information content (AvgIpc) is 3.02. The smallest absolute Gasteiger partial charge is 0.0587 e. The quantitative estimate of drug-likeness (QED) is 0.771. The van der Waals surface area contributed by atoms with Gasteiger partial charge in [-0.3, -0.25) is 4.68 Å². The predicted octanol–water partition coefficient (Wildman–Crippen LogP) is 2.86. The summed E-state index contributed by atoms with van der Waals surface area (Å²) in [5, 5.41) is 8.09. The van der Waals surface area contributed by atoms with Crippen molar-refractivity contribution in [1.82, 2.24) is 15.1 Å². The van der Waals surface area contributed by atoms with Crippen LogP contribution in [0.5, 0.6) is 0 Å². The van der Waals surface area contributed by atoms with Gasteiger partial charge in [-0.2, -0.15) is 5.10 Å². The summed E-state index contributed by atoms with van der Waals surface area (Å²) < 4.78 is 7.36. The summed E-state index contributed by atoms with van der Waals surface area (Å²) in [7, 11) is 1.74. The fourth-order valence-electron chi connectivity index (χ4n) is 3.02. The molecule has 4 nitrogen and oxygen atoms in total. The van der Waals surface area contributed by atoms with Gasteiger partial charge in [0.25, 0.3) is 0 Å². The van der Waals surface area contributed by atoms with E-state index in [4.69, 9.17) is 4.74 Å². The van der Waals surface area contributed by atoms with Crippen LogP contribution in [0.1, 0.15) is 62.7 Å². The number of aromatic nitrogens is 2. The van der Waals surface area contributed by atoms with Gasteiger partial charge < -0.3 is 10.1 Å². The first-order chi connectivity index (χ1) is 9.24. The molecule has 1 aliphatic carbocycles. The van der Waals surface area contributed by atoms with Crippen LogP contribution in [0.2, 0.25) is 0 Å². The highest BCUT2D eigenvalue weighted by atomic mass is 16.5. The van der Waals surface area contributed by atoms with Crippen molar-refractivity contribution in [2.24, 2.45) is 0 Å². The number of nitrogens with zero attached hydrogens (tertiary/aromatic N) is 2. The standard InChI is InChI=1S/C15H27N3O/c1-12(2)15-13(10-16-8-9-19-3)11-17-18(15)14-6-4-5-7-14/h11-12,14,16H,4-10H2,1-3H3. The largest absolute Gasteiger partial charge is 0.383 e. The molecule has 1 saturated carbocycles. The molecule has 1 aromatic rings.